The first-order chi connectivity index (χ1) is 12.3. The lowest BCUT2D eigenvalue weighted by Gasteiger charge is -2.20. The quantitative estimate of drug-likeness (QED) is 0.771. The molecule has 3 atom stereocenters. The number of nitrogens with one attached hydrogen (secondary N) is 1. The number of carbonyl (C=O) groups is 2. The Bertz CT molecular complexity index is 659. The normalized spacial score (nSPS) is 24.3. The highest BCUT2D eigenvalue weighted by molar-refractivity contribution is 5.92. The van der Waals surface area contributed by atoms with Crippen molar-refractivity contribution in [3.05, 3.63) is 24.3 Å². The van der Waals surface area contributed by atoms with Crippen molar-refractivity contribution in [3.8, 4) is 5.75 Å². The highest BCUT2D eigenvalue weighted by Gasteiger charge is 2.40. The molecule has 26 heavy (non-hydrogen) atoms. The molecule has 2 bridgehead atoms. The van der Waals surface area contributed by atoms with Crippen molar-refractivity contribution in [1.82, 2.24) is 0 Å². The molecule has 2 aliphatic carbocycles. The van der Waals surface area contributed by atoms with Crippen LogP contribution in [0.1, 0.15) is 32.1 Å². The van der Waals surface area contributed by atoms with Gasteiger partial charge in [-0.2, -0.15) is 0 Å². The summed E-state index contributed by atoms with van der Waals surface area (Å²) in [6.45, 7) is -0.416. The largest absolute Gasteiger partial charge is 0.573 e. The summed E-state index contributed by atoms with van der Waals surface area (Å²) in [5.74, 6) is 0.407. The summed E-state index contributed by atoms with van der Waals surface area (Å²) < 4.78 is 45.0. The van der Waals surface area contributed by atoms with Crippen molar-refractivity contribution in [1.29, 1.82) is 0 Å². The number of hydrogen-bond donors (Lipinski definition) is 1. The van der Waals surface area contributed by atoms with Gasteiger partial charge in [0, 0.05) is 12.1 Å². The number of anilines is 1. The van der Waals surface area contributed by atoms with Gasteiger partial charge in [-0.3, -0.25) is 9.59 Å². The SMILES string of the molecule is O=C(COC(=O)C[C@@H]1C[C@H]2CC[C@@H]1C2)Nc1ccc(OC(F)(F)F)cc1. The Kier molecular flexibility index (Phi) is 5.38. The van der Waals surface area contributed by atoms with Crippen LogP contribution in [0.5, 0.6) is 5.75 Å². The number of rotatable bonds is 6. The highest BCUT2D eigenvalue weighted by Crippen LogP contribution is 2.49. The maximum Gasteiger partial charge on any atom is 0.573 e. The zero-order valence-electron chi connectivity index (χ0n) is 14.1. The summed E-state index contributed by atoms with van der Waals surface area (Å²) in [4.78, 5) is 23.7. The summed E-state index contributed by atoms with van der Waals surface area (Å²) in [5.41, 5.74) is 0.286. The number of carbonyl (C=O) groups excluding carboxylic acids is 2. The molecule has 1 aromatic carbocycles. The molecule has 5 nitrogen and oxygen atoms in total. The van der Waals surface area contributed by atoms with Gasteiger partial charge in [0.15, 0.2) is 6.61 Å². The molecule has 2 saturated carbocycles. The Morgan fingerprint density at radius 3 is 2.42 bits per heavy atom. The first kappa shape index (κ1) is 18.5. The number of hydrogen-bond acceptors (Lipinski definition) is 4. The van der Waals surface area contributed by atoms with Gasteiger partial charge in [-0.1, -0.05) is 6.42 Å². The molecule has 0 spiro atoms. The van der Waals surface area contributed by atoms with E-state index < -0.39 is 18.9 Å². The third kappa shape index (κ3) is 5.12. The van der Waals surface area contributed by atoms with Gasteiger partial charge in [-0.15, -0.1) is 13.2 Å². The van der Waals surface area contributed by atoms with Gasteiger partial charge in [0.05, 0.1) is 0 Å². The second-order valence-corrected chi connectivity index (χ2v) is 6.92. The first-order valence-corrected chi connectivity index (χ1v) is 8.60. The fourth-order valence-corrected chi connectivity index (χ4v) is 3.98. The fraction of sp³-hybridized carbons (Fsp3) is 0.556. The monoisotopic (exact) mass is 371 g/mol. The molecule has 142 valence electrons. The van der Waals surface area contributed by atoms with Gasteiger partial charge < -0.3 is 14.8 Å². The summed E-state index contributed by atoms with van der Waals surface area (Å²) in [5, 5.41) is 2.46. The molecule has 0 radical (unpaired) electrons. The van der Waals surface area contributed by atoms with Crippen LogP contribution < -0.4 is 10.1 Å². The number of esters is 1. The number of halogens is 3. The molecule has 1 aromatic rings. The molecule has 8 heteroatoms. The van der Waals surface area contributed by atoms with E-state index in [1.807, 2.05) is 0 Å². The van der Waals surface area contributed by atoms with Crippen LogP contribution in [0, 0.1) is 17.8 Å². The van der Waals surface area contributed by atoms with Gasteiger partial charge in [-0.05, 0) is 61.3 Å². The fourth-order valence-electron chi connectivity index (χ4n) is 3.98. The standard InChI is InChI=1S/C18H20F3NO4/c19-18(20,21)26-15-5-3-14(4-6-15)22-16(23)10-25-17(24)9-13-8-11-1-2-12(13)7-11/h3-6,11-13H,1-2,7-10H2,(H,22,23)/t11-,12+,13-/m0/s1. The minimum atomic E-state index is -4.77. The maximum absolute atomic E-state index is 12.1. The molecule has 1 N–H and O–H groups in total. The lowest BCUT2D eigenvalue weighted by Crippen LogP contribution is -2.23. The molecule has 2 fully saturated rings. The average Bonchev–Trinajstić information content (AvgIpc) is 3.16. The van der Waals surface area contributed by atoms with Crippen molar-refractivity contribution in [2.75, 3.05) is 11.9 Å². The molecular formula is C18H20F3NO4. The number of fused-ring (bicyclic) bond motifs is 2. The Hall–Kier alpha value is -2.25. The van der Waals surface area contributed by atoms with Crippen LogP contribution in [-0.4, -0.2) is 24.8 Å². The van der Waals surface area contributed by atoms with Gasteiger partial charge in [0.25, 0.3) is 5.91 Å². The third-order valence-corrected chi connectivity index (χ3v) is 5.05. The van der Waals surface area contributed by atoms with E-state index in [1.165, 1.54) is 31.4 Å². The second kappa shape index (κ2) is 7.55. The van der Waals surface area contributed by atoms with Gasteiger partial charge >= 0.3 is 12.3 Å². The zero-order chi connectivity index (χ0) is 18.7. The third-order valence-electron chi connectivity index (χ3n) is 5.05. The van der Waals surface area contributed by atoms with E-state index in [4.69, 9.17) is 4.74 Å². The van der Waals surface area contributed by atoms with Crippen LogP contribution >= 0.6 is 0 Å². The van der Waals surface area contributed by atoms with Crippen LogP contribution in [0.2, 0.25) is 0 Å². The predicted octanol–water partition coefficient (Wildman–Crippen LogP) is 3.89. The molecular weight excluding hydrogens is 351 g/mol. The topological polar surface area (TPSA) is 64.6 Å². The minimum absolute atomic E-state index is 0.286. The molecule has 0 aromatic heterocycles. The summed E-state index contributed by atoms with van der Waals surface area (Å²) in [6, 6.07) is 4.72. The Morgan fingerprint density at radius 2 is 1.85 bits per heavy atom. The summed E-state index contributed by atoms with van der Waals surface area (Å²) >= 11 is 0. The molecule has 0 unspecified atom stereocenters. The average molecular weight is 371 g/mol. The molecule has 0 aliphatic heterocycles. The maximum atomic E-state index is 12.1. The van der Waals surface area contributed by atoms with Crippen LogP contribution in [0.25, 0.3) is 0 Å². The summed E-state index contributed by atoms with van der Waals surface area (Å²) in [7, 11) is 0. The van der Waals surface area contributed by atoms with Gasteiger partial charge in [0.1, 0.15) is 5.75 Å². The molecule has 1 amide bonds. The smallest absolute Gasteiger partial charge is 0.456 e. The van der Waals surface area contributed by atoms with E-state index in [9.17, 15) is 22.8 Å². The second-order valence-electron chi connectivity index (χ2n) is 6.92. The van der Waals surface area contributed by atoms with E-state index in [-0.39, 0.29) is 17.4 Å². The van der Waals surface area contributed by atoms with Crippen LogP contribution in [0.15, 0.2) is 24.3 Å². The first-order valence-electron chi connectivity index (χ1n) is 8.60. The van der Waals surface area contributed by atoms with E-state index in [1.54, 1.807) is 0 Å². The Labute approximate surface area is 148 Å². The van der Waals surface area contributed by atoms with E-state index in [2.05, 4.69) is 10.1 Å². The summed E-state index contributed by atoms with van der Waals surface area (Å²) in [6.07, 6.45) is 0.281. The zero-order valence-corrected chi connectivity index (χ0v) is 14.1. The van der Waals surface area contributed by atoms with Crippen molar-refractivity contribution >= 4 is 17.6 Å². The molecule has 0 heterocycles. The van der Waals surface area contributed by atoms with Crippen LogP contribution in [0.3, 0.4) is 0 Å². The minimum Gasteiger partial charge on any atom is -0.456 e. The Balaban J connectivity index is 1.39. The predicted molar refractivity (Wildman–Crippen MR) is 86.3 cm³/mol. The van der Waals surface area contributed by atoms with Crippen LogP contribution in [-0.2, 0) is 14.3 Å². The molecule has 2 aliphatic rings. The van der Waals surface area contributed by atoms with E-state index in [0.29, 0.717) is 18.3 Å². The van der Waals surface area contributed by atoms with Crippen LogP contribution in [0.4, 0.5) is 18.9 Å². The molecule has 0 saturated heterocycles. The lowest BCUT2D eigenvalue weighted by molar-refractivity contribution is -0.274. The van der Waals surface area contributed by atoms with Crippen molar-refractivity contribution in [2.24, 2.45) is 17.8 Å². The highest BCUT2D eigenvalue weighted by atomic mass is 19.4. The molecule has 3 rings (SSSR count). The van der Waals surface area contributed by atoms with E-state index >= 15 is 0 Å². The lowest BCUT2D eigenvalue weighted by atomic mass is 9.86. The number of amides is 1. The van der Waals surface area contributed by atoms with Crippen molar-refractivity contribution < 1.29 is 32.2 Å². The Morgan fingerprint density at radius 1 is 1.12 bits per heavy atom. The van der Waals surface area contributed by atoms with Gasteiger partial charge in [-0.25, -0.2) is 0 Å². The van der Waals surface area contributed by atoms with Crippen molar-refractivity contribution in [2.45, 2.75) is 38.5 Å². The number of benzene rings is 1. The number of ether oxygens (including phenoxy) is 2. The van der Waals surface area contributed by atoms with E-state index in [0.717, 1.165) is 24.5 Å². The van der Waals surface area contributed by atoms with Crippen molar-refractivity contribution in [3.63, 3.8) is 0 Å². The number of alkyl halides is 3. The van der Waals surface area contributed by atoms with Gasteiger partial charge in [0.2, 0.25) is 0 Å².